The zero-order valence-corrected chi connectivity index (χ0v) is 27.9. The van der Waals surface area contributed by atoms with Crippen molar-refractivity contribution in [3.05, 3.63) is 24.0 Å². The number of aromatic nitrogens is 1. The summed E-state index contributed by atoms with van der Waals surface area (Å²) in [6.07, 6.45) is 6.82. The highest BCUT2D eigenvalue weighted by Crippen LogP contribution is 2.41. The molecule has 1 N–H and O–H groups in total. The minimum absolute atomic E-state index is 0.00769. The SMILES string of the molecule is CC(C)(C)CCCCC(=O)N1CCN(C(C)(C)C)C(C2[C@@H](Oc3ccnc(C(C)(C)C)c3)C[C@H]2NC(C)(C)C)C1. The maximum absolute atomic E-state index is 13.4. The molecule has 228 valence electrons. The number of nitrogens with one attached hydrogen (secondary N) is 1. The molecule has 0 aromatic carbocycles. The van der Waals surface area contributed by atoms with Gasteiger partial charge < -0.3 is 15.0 Å². The molecular formula is C34H60N4O2. The van der Waals surface area contributed by atoms with Crippen molar-refractivity contribution in [1.82, 2.24) is 20.1 Å². The molecule has 1 aromatic heterocycles. The molecule has 2 aliphatic rings. The minimum atomic E-state index is -0.0329. The first-order chi connectivity index (χ1) is 18.2. The Morgan fingerprint density at radius 1 is 1.00 bits per heavy atom. The summed E-state index contributed by atoms with van der Waals surface area (Å²) in [7, 11) is 0. The topological polar surface area (TPSA) is 57.7 Å². The van der Waals surface area contributed by atoms with Crippen LogP contribution in [0.3, 0.4) is 0 Å². The molecule has 2 fully saturated rings. The Morgan fingerprint density at radius 3 is 2.25 bits per heavy atom. The lowest BCUT2D eigenvalue weighted by molar-refractivity contribution is -0.142. The van der Waals surface area contributed by atoms with Gasteiger partial charge in [-0.3, -0.25) is 14.7 Å². The van der Waals surface area contributed by atoms with Crippen molar-refractivity contribution in [3.63, 3.8) is 0 Å². The molecule has 40 heavy (non-hydrogen) atoms. The lowest BCUT2D eigenvalue weighted by Gasteiger charge is -2.58. The zero-order chi connectivity index (χ0) is 30.1. The molecule has 0 spiro atoms. The van der Waals surface area contributed by atoms with E-state index in [2.05, 4.69) is 109 Å². The van der Waals surface area contributed by atoms with Crippen molar-refractivity contribution >= 4 is 5.91 Å². The molecule has 0 bridgehead atoms. The summed E-state index contributed by atoms with van der Waals surface area (Å²) < 4.78 is 6.75. The normalized spacial score (nSPS) is 25.1. The molecule has 1 aliphatic carbocycles. The Balaban J connectivity index is 1.82. The number of hydrogen-bond acceptors (Lipinski definition) is 5. The van der Waals surface area contributed by atoms with Crippen LogP contribution < -0.4 is 10.1 Å². The molecule has 4 atom stereocenters. The van der Waals surface area contributed by atoms with Gasteiger partial charge in [-0.15, -0.1) is 0 Å². The Bertz CT molecular complexity index is 979. The fraction of sp³-hybridized carbons (Fsp3) is 0.824. The maximum atomic E-state index is 13.4. The summed E-state index contributed by atoms with van der Waals surface area (Å²) in [6, 6.07) is 4.67. The number of amides is 1. The molecule has 1 amide bonds. The van der Waals surface area contributed by atoms with E-state index in [0.717, 1.165) is 56.8 Å². The summed E-state index contributed by atoms with van der Waals surface area (Å²) >= 11 is 0. The Morgan fingerprint density at radius 2 is 1.68 bits per heavy atom. The van der Waals surface area contributed by atoms with Crippen molar-refractivity contribution in [2.45, 2.75) is 150 Å². The quantitative estimate of drug-likeness (QED) is 0.356. The van der Waals surface area contributed by atoms with Crippen molar-refractivity contribution < 1.29 is 9.53 Å². The smallest absolute Gasteiger partial charge is 0.222 e. The monoisotopic (exact) mass is 556 g/mol. The van der Waals surface area contributed by atoms with Gasteiger partial charge in [0.05, 0.1) is 0 Å². The molecule has 3 rings (SSSR count). The van der Waals surface area contributed by atoms with Crippen LogP contribution in [0.5, 0.6) is 5.75 Å². The number of piperazine rings is 1. The summed E-state index contributed by atoms with van der Waals surface area (Å²) in [6.45, 7) is 29.5. The average molecular weight is 557 g/mol. The summed E-state index contributed by atoms with van der Waals surface area (Å²) in [4.78, 5) is 22.8. The fourth-order valence-electron chi connectivity index (χ4n) is 6.34. The third-order valence-corrected chi connectivity index (χ3v) is 8.43. The minimum Gasteiger partial charge on any atom is -0.490 e. The van der Waals surface area contributed by atoms with Crippen LogP contribution in [-0.2, 0) is 10.2 Å². The molecular weight excluding hydrogens is 496 g/mol. The lowest BCUT2D eigenvalue weighted by Crippen LogP contribution is -2.72. The average Bonchev–Trinajstić information content (AvgIpc) is 2.78. The van der Waals surface area contributed by atoms with Gasteiger partial charge in [-0.25, -0.2) is 0 Å². The van der Waals surface area contributed by atoms with Gasteiger partial charge in [0.1, 0.15) is 11.9 Å². The number of rotatable bonds is 8. The van der Waals surface area contributed by atoms with E-state index in [0.29, 0.717) is 23.8 Å². The molecule has 0 radical (unpaired) electrons. The molecule has 2 heterocycles. The highest BCUT2D eigenvalue weighted by atomic mass is 16.5. The zero-order valence-electron chi connectivity index (χ0n) is 27.9. The van der Waals surface area contributed by atoms with Crippen LogP contribution in [0.15, 0.2) is 18.3 Å². The van der Waals surface area contributed by atoms with Gasteiger partial charge in [0.2, 0.25) is 5.91 Å². The number of pyridine rings is 1. The predicted molar refractivity (Wildman–Crippen MR) is 167 cm³/mol. The van der Waals surface area contributed by atoms with Crippen LogP contribution in [0.4, 0.5) is 0 Å². The predicted octanol–water partition coefficient (Wildman–Crippen LogP) is 6.82. The molecule has 1 aromatic rings. The summed E-state index contributed by atoms with van der Waals surface area (Å²) in [5.74, 6) is 1.49. The van der Waals surface area contributed by atoms with Gasteiger partial charge in [0.15, 0.2) is 0 Å². The van der Waals surface area contributed by atoms with E-state index < -0.39 is 0 Å². The highest BCUT2D eigenvalue weighted by molar-refractivity contribution is 5.76. The van der Waals surface area contributed by atoms with Gasteiger partial charge in [-0.2, -0.15) is 0 Å². The first-order valence-corrected chi connectivity index (χ1v) is 15.7. The van der Waals surface area contributed by atoms with Gasteiger partial charge in [-0.1, -0.05) is 48.0 Å². The number of carbonyl (C=O) groups is 1. The number of nitrogens with zero attached hydrogens (tertiary/aromatic N) is 3. The Hall–Kier alpha value is -1.66. The van der Waals surface area contributed by atoms with Crippen LogP contribution in [0.1, 0.15) is 121 Å². The van der Waals surface area contributed by atoms with Crippen LogP contribution in [0.2, 0.25) is 0 Å². The van der Waals surface area contributed by atoms with Gasteiger partial charge in [-0.05, 0) is 65.9 Å². The van der Waals surface area contributed by atoms with Crippen LogP contribution >= 0.6 is 0 Å². The molecule has 1 aliphatic heterocycles. The lowest BCUT2D eigenvalue weighted by atomic mass is 9.69. The van der Waals surface area contributed by atoms with Crippen LogP contribution in [-0.4, -0.2) is 69.6 Å². The molecule has 6 nitrogen and oxygen atoms in total. The van der Waals surface area contributed by atoms with E-state index in [4.69, 9.17) is 4.74 Å². The number of ether oxygens (including phenoxy) is 1. The molecule has 2 unspecified atom stereocenters. The fourth-order valence-corrected chi connectivity index (χ4v) is 6.34. The van der Waals surface area contributed by atoms with Crippen molar-refractivity contribution in [2.24, 2.45) is 11.3 Å². The number of hydrogen-bond donors (Lipinski definition) is 1. The van der Waals surface area contributed by atoms with E-state index in [-0.39, 0.29) is 34.6 Å². The van der Waals surface area contributed by atoms with Crippen LogP contribution in [0.25, 0.3) is 0 Å². The number of unbranched alkanes of at least 4 members (excludes halogenated alkanes) is 1. The first kappa shape index (κ1) is 32.8. The maximum Gasteiger partial charge on any atom is 0.222 e. The van der Waals surface area contributed by atoms with Crippen molar-refractivity contribution in [2.75, 3.05) is 19.6 Å². The van der Waals surface area contributed by atoms with E-state index >= 15 is 0 Å². The molecule has 6 heteroatoms. The number of carbonyl (C=O) groups excluding carboxylic acids is 1. The largest absolute Gasteiger partial charge is 0.490 e. The highest BCUT2D eigenvalue weighted by Gasteiger charge is 2.52. The Labute approximate surface area is 246 Å². The summed E-state index contributed by atoms with van der Waals surface area (Å²) in [5.41, 5.74) is 1.35. The Kier molecular flexibility index (Phi) is 10.1. The van der Waals surface area contributed by atoms with E-state index in [1.165, 1.54) is 0 Å². The standard InChI is InChI=1S/C34H60N4O2/c1-31(2,3)17-14-13-15-29(39)37-19-20-38(34(10,11)12)26(23-37)30-25(36-33(7,8)9)22-27(30)40-24-16-18-35-28(21-24)32(4,5)6/h16,18,21,25-27,30,36H,13-15,17,19-20,22-23H2,1-12H3/t25-,26?,27+,30?/m1/s1. The van der Waals surface area contributed by atoms with E-state index in [9.17, 15) is 4.79 Å². The van der Waals surface area contributed by atoms with Gasteiger partial charge in [0, 0.05) is 84.9 Å². The van der Waals surface area contributed by atoms with Crippen LogP contribution in [0, 0.1) is 11.3 Å². The third kappa shape index (κ3) is 9.17. The van der Waals surface area contributed by atoms with E-state index in [1.54, 1.807) is 0 Å². The van der Waals surface area contributed by atoms with Crippen molar-refractivity contribution in [3.8, 4) is 5.75 Å². The second-order valence-corrected chi connectivity index (χ2v) is 16.6. The molecule has 1 saturated heterocycles. The molecule has 1 saturated carbocycles. The second kappa shape index (κ2) is 12.3. The summed E-state index contributed by atoms with van der Waals surface area (Å²) in [5, 5.41) is 3.90. The third-order valence-electron chi connectivity index (χ3n) is 8.43. The van der Waals surface area contributed by atoms with Gasteiger partial charge in [0.25, 0.3) is 0 Å². The van der Waals surface area contributed by atoms with Crippen molar-refractivity contribution in [1.29, 1.82) is 0 Å². The van der Waals surface area contributed by atoms with E-state index in [1.807, 2.05) is 12.3 Å². The first-order valence-electron chi connectivity index (χ1n) is 15.7. The second-order valence-electron chi connectivity index (χ2n) is 16.6. The van der Waals surface area contributed by atoms with Gasteiger partial charge >= 0.3 is 0 Å².